The van der Waals surface area contributed by atoms with Crippen LogP contribution in [0.15, 0.2) is 18.2 Å². The van der Waals surface area contributed by atoms with Gasteiger partial charge in [-0.15, -0.1) is 0 Å². The summed E-state index contributed by atoms with van der Waals surface area (Å²) < 4.78 is 0. The topological polar surface area (TPSA) is 15.3 Å². The molecule has 1 fully saturated rings. The molecule has 1 saturated heterocycles. The molecule has 92 valence electrons. The number of hydrogen-bond acceptors (Lipinski definition) is 2. The predicted molar refractivity (Wildman–Crippen MR) is 72.5 cm³/mol. The number of hydrogen-bond donors (Lipinski definition) is 1. The van der Waals surface area contributed by atoms with Crippen LogP contribution >= 0.6 is 0 Å². The first kappa shape index (κ1) is 11.1. The molecule has 2 nitrogen and oxygen atoms in total. The van der Waals surface area contributed by atoms with Crippen LogP contribution in [-0.4, -0.2) is 24.5 Å². The van der Waals surface area contributed by atoms with Gasteiger partial charge in [0.05, 0.1) is 0 Å². The van der Waals surface area contributed by atoms with Crippen molar-refractivity contribution >= 4 is 5.69 Å². The zero-order valence-electron chi connectivity index (χ0n) is 10.7. The second kappa shape index (κ2) is 4.69. The van der Waals surface area contributed by atoms with Crippen LogP contribution in [-0.2, 0) is 6.42 Å². The van der Waals surface area contributed by atoms with Gasteiger partial charge in [-0.1, -0.05) is 19.1 Å². The molecular weight excluding hydrogens is 208 g/mol. The average molecular weight is 230 g/mol. The Bertz CT molecular complexity index is 394. The lowest BCUT2D eigenvalue weighted by Crippen LogP contribution is -2.31. The smallest absolute Gasteiger partial charge is 0.0388 e. The maximum Gasteiger partial charge on any atom is 0.0388 e. The minimum atomic E-state index is 0.667. The van der Waals surface area contributed by atoms with Crippen molar-refractivity contribution in [2.75, 3.05) is 25.0 Å². The molecule has 1 aromatic rings. The number of rotatable bonds is 2. The van der Waals surface area contributed by atoms with Gasteiger partial charge >= 0.3 is 0 Å². The van der Waals surface area contributed by atoms with Crippen molar-refractivity contribution in [3.8, 4) is 0 Å². The minimum Gasteiger partial charge on any atom is -0.385 e. The third-order valence-electron chi connectivity index (χ3n) is 4.20. The monoisotopic (exact) mass is 230 g/mol. The summed E-state index contributed by atoms with van der Waals surface area (Å²) in [5.41, 5.74) is 4.37. The third kappa shape index (κ3) is 2.06. The second-order valence-corrected chi connectivity index (χ2v) is 5.25. The lowest BCUT2D eigenvalue weighted by atomic mass is 9.94. The van der Waals surface area contributed by atoms with Crippen molar-refractivity contribution in [3.05, 3.63) is 29.3 Å². The van der Waals surface area contributed by atoms with E-state index in [9.17, 15) is 0 Å². The van der Waals surface area contributed by atoms with Crippen LogP contribution in [0.5, 0.6) is 0 Å². The Morgan fingerprint density at radius 2 is 2.12 bits per heavy atom. The van der Waals surface area contributed by atoms with Gasteiger partial charge in [0, 0.05) is 18.3 Å². The van der Waals surface area contributed by atoms with Gasteiger partial charge < -0.3 is 5.32 Å². The molecule has 2 aliphatic heterocycles. The molecule has 2 aliphatic rings. The van der Waals surface area contributed by atoms with Crippen LogP contribution in [0.25, 0.3) is 0 Å². The fraction of sp³-hybridized carbons (Fsp3) is 0.600. The van der Waals surface area contributed by atoms with Crippen molar-refractivity contribution < 1.29 is 0 Å². The van der Waals surface area contributed by atoms with Gasteiger partial charge in [0.25, 0.3) is 0 Å². The zero-order chi connectivity index (χ0) is 11.7. The average Bonchev–Trinajstić information content (AvgIpc) is 2.91. The molecule has 1 unspecified atom stereocenters. The van der Waals surface area contributed by atoms with E-state index in [1.54, 1.807) is 0 Å². The summed E-state index contributed by atoms with van der Waals surface area (Å²) in [6.07, 6.45) is 5.17. The van der Waals surface area contributed by atoms with E-state index in [0.717, 1.165) is 13.0 Å². The Morgan fingerprint density at radius 3 is 2.88 bits per heavy atom. The molecule has 2 heterocycles. The Morgan fingerprint density at radius 1 is 1.29 bits per heavy atom. The van der Waals surface area contributed by atoms with E-state index in [0.29, 0.717) is 6.04 Å². The SMILES string of the molecule is CCc1ccc2c(c1)C(N1CCCC1)CCN2. The minimum absolute atomic E-state index is 0.667. The molecule has 0 amide bonds. The number of aryl methyl sites for hydroxylation is 1. The van der Waals surface area contributed by atoms with E-state index in [1.807, 2.05) is 0 Å². The molecule has 17 heavy (non-hydrogen) atoms. The molecule has 2 heteroatoms. The van der Waals surface area contributed by atoms with E-state index in [-0.39, 0.29) is 0 Å². The van der Waals surface area contributed by atoms with Crippen LogP contribution in [0.4, 0.5) is 5.69 Å². The van der Waals surface area contributed by atoms with Gasteiger partial charge in [-0.25, -0.2) is 0 Å². The Balaban J connectivity index is 1.93. The molecule has 1 aromatic carbocycles. The first-order valence-electron chi connectivity index (χ1n) is 6.99. The number of likely N-dealkylation sites (tertiary alicyclic amines) is 1. The highest BCUT2D eigenvalue weighted by atomic mass is 15.2. The fourth-order valence-corrected chi connectivity index (χ4v) is 3.20. The van der Waals surface area contributed by atoms with Gasteiger partial charge in [-0.2, -0.15) is 0 Å². The molecule has 3 rings (SSSR count). The first-order valence-corrected chi connectivity index (χ1v) is 6.99. The maximum atomic E-state index is 3.54. The highest BCUT2D eigenvalue weighted by molar-refractivity contribution is 5.56. The van der Waals surface area contributed by atoms with E-state index in [2.05, 4.69) is 35.3 Å². The fourth-order valence-electron chi connectivity index (χ4n) is 3.20. The van der Waals surface area contributed by atoms with Crippen LogP contribution in [0.3, 0.4) is 0 Å². The molecule has 0 saturated carbocycles. The number of benzene rings is 1. The van der Waals surface area contributed by atoms with Crippen molar-refractivity contribution in [3.63, 3.8) is 0 Å². The van der Waals surface area contributed by atoms with Crippen molar-refractivity contribution in [2.45, 2.75) is 38.6 Å². The lowest BCUT2D eigenvalue weighted by molar-refractivity contribution is 0.234. The summed E-state index contributed by atoms with van der Waals surface area (Å²) in [4.78, 5) is 2.68. The largest absolute Gasteiger partial charge is 0.385 e. The quantitative estimate of drug-likeness (QED) is 0.839. The number of anilines is 1. The van der Waals surface area contributed by atoms with Gasteiger partial charge in [0.1, 0.15) is 0 Å². The van der Waals surface area contributed by atoms with Crippen LogP contribution in [0.2, 0.25) is 0 Å². The van der Waals surface area contributed by atoms with Gasteiger partial charge in [0.15, 0.2) is 0 Å². The Labute approximate surface area is 104 Å². The van der Waals surface area contributed by atoms with Crippen LogP contribution < -0.4 is 5.32 Å². The second-order valence-electron chi connectivity index (χ2n) is 5.25. The molecule has 0 radical (unpaired) electrons. The summed E-state index contributed by atoms with van der Waals surface area (Å²) in [7, 11) is 0. The van der Waals surface area contributed by atoms with E-state index in [1.165, 1.54) is 49.2 Å². The molecule has 0 bridgehead atoms. The van der Waals surface area contributed by atoms with E-state index in [4.69, 9.17) is 0 Å². The number of nitrogens with zero attached hydrogens (tertiary/aromatic N) is 1. The summed E-state index contributed by atoms with van der Waals surface area (Å²) in [5.74, 6) is 0. The standard InChI is InChI=1S/C15H22N2/c1-2-12-5-6-14-13(11-12)15(7-8-16-14)17-9-3-4-10-17/h5-6,11,15-16H,2-4,7-10H2,1H3. The summed E-state index contributed by atoms with van der Waals surface area (Å²) in [6.45, 7) is 5.95. The van der Waals surface area contributed by atoms with E-state index >= 15 is 0 Å². The number of nitrogens with one attached hydrogen (secondary N) is 1. The summed E-state index contributed by atoms with van der Waals surface area (Å²) in [6, 6.07) is 7.62. The third-order valence-corrected chi connectivity index (χ3v) is 4.20. The van der Waals surface area contributed by atoms with Gasteiger partial charge in [-0.05, 0) is 56.0 Å². The summed E-state index contributed by atoms with van der Waals surface area (Å²) >= 11 is 0. The molecule has 0 spiro atoms. The molecular formula is C15H22N2. The maximum absolute atomic E-state index is 3.54. The van der Waals surface area contributed by atoms with Crippen LogP contribution in [0, 0.1) is 0 Å². The number of fused-ring (bicyclic) bond motifs is 1. The first-order chi connectivity index (χ1) is 8.38. The highest BCUT2D eigenvalue weighted by Crippen LogP contribution is 2.36. The molecule has 1 N–H and O–H groups in total. The molecule has 1 atom stereocenters. The predicted octanol–water partition coefficient (Wildman–Crippen LogP) is 3.20. The zero-order valence-corrected chi connectivity index (χ0v) is 10.7. The Kier molecular flexibility index (Phi) is 3.06. The Hall–Kier alpha value is -1.02. The van der Waals surface area contributed by atoms with Crippen molar-refractivity contribution in [1.82, 2.24) is 4.90 Å². The lowest BCUT2D eigenvalue weighted by Gasteiger charge is -2.34. The van der Waals surface area contributed by atoms with Crippen molar-refractivity contribution in [2.24, 2.45) is 0 Å². The van der Waals surface area contributed by atoms with Crippen LogP contribution in [0.1, 0.15) is 43.4 Å². The normalized spacial score (nSPS) is 24.4. The molecule has 0 aliphatic carbocycles. The van der Waals surface area contributed by atoms with Crippen molar-refractivity contribution in [1.29, 1.82) is 0 Å². The van der Waals surface area contributed by atoms with Gasteiger partial charge in [0.2, 0.25) is 0 Å². The summed E-state index contributed by atoms with van der Waals surface area (Å²) in [5, 5.41) is 3.54. The van der Waals surface area contributed by atoms with Gasteiger partial charge in [-0.3, -0.25) is 4.90 Å². The highest BCUT2D eigenvalue weighted by Gasteiger charge is 2.27. The molecule has 0 aromatic heterocycles. The van der Waals surface area contributed by atoms with E-state index < -0.39 is 0 Å².